The van der Waals surface area contributed by atoms with Crippen molar-refractivity contribution in [2.75, 3.05) is 16.2 Å². The number of carbonyl (C=O) groups excluding carboxylic acids is 1. The third kappa shape index (κ3) is 5.80. The molecule has 184 valence electrons. The van der Waals surface area contributed by atoms with E-state index in [-0.39, 0.29) is 27.7 Å². The summed E-state index contributed by atoms with van der Waals surface area (Å²) in [5, 5.41) is 3.04. The summed E-state index contributed by atoms with van der Waals surface area (Å²) in [4.78, 5) is 12.6. The maximum atomic E-state index is 13.4. The topological polar surface area (TPSA) is 66.5 Å². The number of carbonyl (C=O) groups is 1. The summed E-state index contributed by atoms with van der Waals surface area (Å²) in [6.45, 7) is 4.89. The molecule has 0 aliphatic heterocycles. The zero-order chi connectivity index (χ0) is 26.0. The maximum absolute atomic E-state index is 13.4. The van der Waals surface area contributed by atoms with Crippen LogP contribution in [0.25, 0.3) is 0 Å². The van der Waals surface area contributed by atoms with E-state index in [0.29, 0.717) is 16.3 Å². The van der Waals surface area contributed by atoms with Crippen molar-refractivity contribution < 1.29 is 26.4 Å². The molecule has 0 aromatic heterocycles. The summed E-state index contributed by atoms with van der Waals surface area (Å²) in [5.74, 6) is -0.688. The van der Waals surface area contributed by atoms with Gasteiger partial charge in [-0.3, -0.25) is 9.10 Å². The highest BCUT2D eigenvalue weighted by Gasteiger charge is 2.32. The minimum Gasteiger partial charge on any atom is -0.322 e. The second kappa shape index (κ2) is 10.3. The third-order valence-electron chi connectivity index (χ3n) is 5.04. The van der Waals surface area contributed by atoms with Gasteiger partial charge in [0.1, 0.15) is 0 Å². The Kier molecular flexibility index (Phi) is 7.83. The van der Waals surface area contributed by atoms with Crippen molar-refractivity contribution >= 4 is 50.5 Å². The number of anilines is 2. The fraction of sp³-hybridized carbons (Fsp3) is 0.125. The summed E-state index contributed by atoms with van der Waals surface area (Å²) in [6.07, 6.45) is -3.42. The lowest BCUT2D eigenvalue weighted by molar-refractivity contribution is -0.137. The van der Waals surface area contributed by atoms with Gasteiger partial charge >= 0.3 is 6.18 Å². The Bertz CT molecular complexity index is 1390. The van der Waals surface area contributed by atoms with E-state index in [1.54, 1.807) is 25.1 Å². The standard InChI is InChI=1S/C24H19Cl2F3N2O3S/c1-3-12-31(17-7-4-6-16(13-17)24(27,28)29)35(33,34)18-10-11-21(26)19(14-18)23(32)30-22-9-5-8-20(25)15(22)2/h3-11,13-14H,1,12H2,2H3,(H,30,32). The van der Waals surface area contributed by atoms with Gasteiger partial charge < -0.3 is 5.32 Å². The number of nitrogens with one attached hydrogen (secondary N) is 1. The molecule has 0 spiro atoms. The molecule has 0 fully saturated rings. The van der Waals surface area contributed by atoms with Gasteiger partial charge in [0, 0.05) is 10.7 Å². The molecular weight excluding hydrogens is 524 g/mol. The summed E-state index contributed by atoms with van der Waals surface area (Å²) >= 11 is 12.3. The van der Waals surface area contributed by atoms with E-state index in [9.17, 15) is 26.4 Å². The fourth-order valence-corrected chi connectivity index (χ4v) is 5.03. The molecule has 3 aromatic carbocycles. The molecule has 3 rings (SSSR count). The number of benzene rings is 3. The number of alkyl halides is 3. The first-order chi connectivity index (χ1) is 16.4. The van der Waals surface area contributed by atoms with Crippen molar-refractivity contribution in [3.05, 3.63) is 100 Å². The van der Waals surface area contributed by atoms with E-state index in [0.717, 1.165) is 28.6 Å². The van der Waals surface area contributed by atoms with E-state index >= 15 is 0 Å². The minimum atomic E-state index is -4.66. The molecule has 0 saturated heterocycles. The van der Waals surface area contributed by atoms with Gasteiger partial charge in [0.2, 0.25) is 0 Å². The number of amides is 1. The second-order valence-corrected chi connectivity index (χ2v) is 10.1. The highest BCUT2D eigenvalue weighted by atomic mass is 35.5. The van der Waals surface area contributed by atoms with Crippen LogP contribution in [0.4, 0.5) is 24.5 Å². The van der Waals surface area contributed by atoms with Crippen LogP contribution in [0.2, 0.25) is 10.0 Å². The monoisotopic (exact) mass is 542 g/mol. The zero-order valence-electron chi connectivity index (χ0n) is 18.2. The first-order valence-corrected chi connectivity index (χ1v) is 12.2. The lowest BCUT2D eigenvalue weighted by Gasteiger charge is -2.24. The predicted molar refractivity (Wildman–Crippen MR) is 132 cm³/mol. The van der Waals surface area contributed by atoms with Gasteiger partial charge in [0.15, 0.2) is 0 Å². The van der Waals surface area contributed by atoms with Crippen LogP contribution in [0.5, 0.6) is 0 Å². The number of rotatable bonds is 7. The van der Waals surface area contributed by atoms with Crippen molar-refractivity contribution in [3.63, 3.8) is 0 Å². The molecule has 0 aliphatic rings. The number of halogens is 5. The van der Waals surface area contributed by atoms with E-state index < -0.39 is 27.7 Å². The van der Waals surface area contributed by atoms with Gasteiger partial charge in [-0.15, -0.1) is 6.58 Å². The SMILES string of the molecule is C=CCN(c1cccc(C(F)(F)F)c1)S(=O)(=O)c1ccc(Cl)c(C(=O)Nc2cccc(Cl)c2C)c1. The third-order valence-corrected chi connectivity index (χ3v) is 7.57. The van der Waals surface area contributed by atoms with Crippen molar-refractivity contribution in [1.82, 2.24) is 0 Å². The van der Waals surface area contributed by atoms with E-state index in [4.69, 9.17) is 23.2 Å². The molecule has 0 unspecified atom stereocenters. The Morgan fingerprint density at radius 3 is 2.40 bits per heavy atom. The highest BCUT2D eigenvalue weighted by molar-refractivity contribution is 7.92. The molecule has 3 aromatic rings. The number of nitrogens with zero attached hydrogens (tertiary/aromatic N) is 1. The van der Waals surface area contributed by atoms with Gasteiger partial charge in [0.05, 0.1) is 33.3 Å². The van der Waals surface area contributed by atoms with Gasteiger partial charge in [-0.05, 0) is 61.0 Å². The normalized spacial score (nSPS) is 11.7. The van der Waals surface area contributed by atoms with Crippen molar-refractivity contribution in [2.24, 2.45) is 0 Å². The Morgan fingerprint density at radius 1 is 1.06 bits per heavy atom. The average molecular weight is 543 g/mol. The van der Waals surface area contributed by atoms with Crippen LogP contribution in [-0.2, 0) is 16.2 Å². The van der Waals surface area contributed by atoms with Crippen LogP contribution >= 0.6 is 23.2 Å². The smallest absolute Gasteiger partial charge is 0.322 e. The molecule has 0 heterocycles. The molecule has 1 amide bonds. The molecule has 1 N–H and O–H groups in total. The molecule has 0 bridgehead atoms. The Labute approximate surface area is 210 Å². The van der Waals surface area contributed by atoms with Crippen LogP contribution in [0.1, 0.15) is 21.5 Å². The van der Waals surface area contributed by atoms with Crippen molar-refractivity contribution in [2.45, 2.75) is 18.0 Å². The Hall–Kier alpha value is -3.01. The van der Waals surface area contributed by atoms with Gasteiger partial charge in [-0.25, -0.2) is 8.42 Å². The molecule has 35 heavy (non-hydrogen) atoms. The van der Waals surface area contributed by atoms with E-state index in [1.807, 2.05) is 0 Å². The average Bonchev–Trinajstić information content (AvgIpc) is 2.80. The van der Waals surface area contributed by atoms with Crippen molar-refractivity contribution in [3.8, 4) is 0 Å². The van der Waals surface area contributed by atoms with Gasteiger partial charge in [-0.1, -0.05) is 41.4 Å². The maximum Gasteiger partial charge on any atom is 0.416 e. The number of hydrogen-bond acceptors (Lipinski definition) is 3. The molecule has 0 radical (unpaired) electrons. The molecule has 0 atom stereocenters. The highest BCUT2D eigenvalue weighted by Crippen LogP contribution is 2.34. The summed E-state index contributed by atoms with van der Waals surface area (Å²) in [6, 6.07) is 12.3. The lowest BCUT2D eigenvalue weighted by atomic mass is 10.1. The Balaban J connectivity index is 2.03. The van der Waals surface area contributed by atoms with Crippen LogP contribution in [-0.4, -0.2) is 20.9 Å². The first kappa shape index (κ1) is 26.6. The van der Waals surface area contributed by atoms with E-state index in [2.05, 4.69) is 11.9 Å². The van der Waals surface area contributed by atoms with Crippen LogP contribution in [0.15, 0.2) is 78.2 Å². The fourth-order valence-electron chi connectivity index (χ4n) is 3.20. The number of sulfonamides is 1. The van der Waals surface area contributed by atoms with Crippen LogP contribution in [0.3, 0.4) is 0 Å². The predicted octanol–water partition coefficient (Wildman–Crippen LogP) is 6.95. The van der Waals surface area contributed by atoms with Gasteiger partial charge in [-0.2, -0.15) is 13.2 Å². The quantitative estimate of drug-likeness (QED) is 0.328. The minimum absolute atomic E-state index is 0.0181. The largest absolute Gasteiger partial charge is 0.416 e. The summed E-state index contributed by atoms with van der Waals surface area (Å²) < 4.78 is 67.2. The Morgan fingerprint density at radius 2 is 1.74 bits per heavy atom. The van der Waals surface area contributed by atoms with Gasteiger partial charge in [0.25, 0.3) is 15.9 Å². The van der Waals surface area contributed by atoms with E-state index in [1.165, 1.54) is 24.3 Å². The first-order valence-electron chi connectivity index (χ1n) is 10.0. The molecule has 0 saturated carbocycles. The zero-order valence-corrected chi connectivity index (χ0v) is 20.6. The second-order valence-electron chi connectivity index (χ2n) is 7.38. The summed E-state index contributed by atoms with van der Waals surface area (Å²) in [5.41, 5.74) is -0.356. The lowest BCUT2D eigenvalue weighted by Crippen LogP contribution is -2.31. The van der Waals surface area contributed by atoms with Crippen LogP contribution < -0.4 is 9.62 Å². The molecule has 5 nitrogen and oxygen atoms in total. The molecule has 11 heteroatoms. The molecular formula is C24H19Cl2F3N2O3S. The van der Waals surface area contributed by atoms with Crippen LogP contribution in [0, 0.1) is 6.92 Å². The number of hydrogen-bond donors (Lipinski definition) is 1. The van der Waals surface area contributed by atoms with Crippen molar-refractivity contribution in [1.29, 1.82) is 0 Å². The summed E-state index contributed by atoms with van der Waals surface area (Å²) in [7, 11) is -4.40. The molecule has 0 aliphatic carbocycles.